The fraction of sp³-hybridized carbons (Fsp3) is 0.350. The Hall–Kier alpha value is -1.67. The Morgan fingerprint density at radius 2 is 2.05 bits per heavy atom. The van der Waals surface area contributed by atoms with Gasteiger partial charge >= 0.3 is 0 Å². The van der Waals surface area contributed by atoms with Crippen molar-refractivity contribution in [2.45, 2.75) is 40.0 Å². The van der Waals surface area contributed by atoms with Crippen LogP contribution in [0.5, 0.6) is 0 Å². The SMILES string of the molecule is Cc1cccc(-c2cc(C)nc3sc4c(c23)CCC(C)C4)c1. The van der Waals surface area contributed by atoms with Crippen molar-refractivity contribution >= 4 is 21.6 Å². The van der Waals surface area contributed by atoms with E-state index in [1.807, 2.05) is 11.3 Å². The topological polar surface area (TPSA) is 12.9 Å². The standard InChI is InChI=1S/C20H21NS/c1-12-5-4-6-15(9-12)17-11-14(3)21-20-19(17)16-8-7-13(2)10-18(16)22-20/h4-6,9,11,13H,7-8,10H2,1-3H3. The highest BCUT2D eigenvalue weighted by Gasteiger charge is 2.23. The summed E-state index contributed by atoms with van der Waals surface area (Å²) in [6, 6.07) is 11.1. The van der Waals surface area contributed by atoms with Crippen LogP contribution in [0, 0.1) is 19.8 Å². The summed E-state index contributed by atoms with van der Waals surface area (Å²) in [5, 5.41) is 1.42. The lowest BCUT2D eigenvalue weighted by Gasteiger charge is -2.18. The summed E-state index contributed by atoms with van der Waals surface area (Å²) in [7, 11) is 0. The first kappa shape index (κ1) is 14.0. The van der Waals surface area contributed by atoms with E-state index < -0.39 is 0 Å². The van der Waals surface area contributed by atoms with E-state index in [-0.39, 0.29) is 0 Å². The molecule has 0 aliphatic heterocycles. The Labute approximate surface area is 136 Å². The first-order valence-corrected chi connectivity index (χ1v) is 8.92. The van der Waals surface area contributed by atoms with Crippen molar-refractivity contribution in [3.8, 4) is 11.1 Å². The van der Waals surface area contributed by atoms with Crippen molar-refractivity contribution < 1.29 is 0 Å². The molecule has 1 atom stereocenters. The summed E-state index contributed by atoms with van der Waals surface area (Å²) in [6.45, 7) is 6.65. The van der Waals surface area contributed by atoms with Gasteiger partial charge in [0.25, 0.3) is 0 Å². The van der Waals surface area contributed by atoms with Crippen molar-refractivity contribution in [2.75, 3.05) is 0 Å². The summed E-state index contributed by atoms with van der Waals surface area (Å²) >= 11 is 1.92. The van der Waals surface area contributed by atoms with Gasteiger partial charge in [-0.05, 0) is 61.8 Å². The van der Waals surface area contributed by atoms with Crippen molar-refractivity contribution in [2.24, 2.45) is 5.92 Å². The van der Waals surface area contributed by atoms with E-state index in [1.54, 1.807) is 10.4 Å². The molecule has 1 unspecified atom stereocenters. The largest absolute Gasteiger partial charge is 0.242 e. The molecule has 0 saturated heterocycles. The molecule has 112 valence electrons. The van der Waals surface area contributed by atoms with Crippen molar-refractivity contribution in [1.82, 2.24) is 4.98 Å². The van der Waals surface area contributed by atoms with Gasteiger partial charge in [-0.3, -0.25) is 0 Å². The molecule has 1 nitrogen and oxygen atoms in total. The third-order valence-electron chi connectivity index (χ3n) is 4.72. The fourth-order valence-corrected chi connectivity index (χ4v) is 5.06. The van der Waals surface area contributed by atoms with Crippen molar-refractivity contribution in [1.29, 1.82) is 0 Å². The first-order chi connectivity index (χ1) is 10.6. The Balaban J connectivity index is 2.02. The smallest absolute Gasteiger partial charge is 0.124 e. The quantitative estimate of drug-likeness (QED) is 0.561. The second-order valence-corrected chi connectivity index (χ2v) is 7.80. The summed E-state index contributed by atoms with van der Waals surface area (Å²) in [5.41, 5.74) is 6.71. The van der Waals surface area contributed by atoms with Gasteiger partial charge in [0, 0.05) is 16.0 Å². The van der Waals surface area contributed by atoms with Gasteiger partial charge in [0.15, 0.2) is 0 Å². The van der Waals surface area contributed by atoms with Crippen molar-refractivity contribution in [3.63, 3.8) is 0 Å². The summed E-state index contributed by atoms with van der Waals surface area (Å²) in [4.78, 5) is 7.63. The number of fused-ring (bicyclic) bond motifs is 3. The number of benzene rings is 1. The Morgan fingerprint density at radius 1 is 1.18 bits per heavy atom. The molecule has 2 heteroatoms. The second-order valence-electron chi connectivity index (χ2n) is 6.71. The second kappa shape index (κ2) is 5.20. The molecule has 0 N–H and O–H groups in total. The first-order valence-electron chi connectivity index (χ1n) is 8.11. The molecule has 4 rings (SSSR count). The summed E-state index contributed by atoms with van der Waals surface area (Å²) < 4.78 is 0. The number of thiophene rings is 1. The van der Waals surface area contributed by atoms with Crippen LogP contribution in [0.3, 0.4) is 0 Å². The highest BCUT2D eigenvalue weighted by molar-refractivity contribution is 7.19. The van der Waals surface area contributed by atoms with E-state index in [4.69, 9.17) is 4.98 Å². The van der Waals surface area contributed by atoms with E-state index in [2.05, 4.69) is 51.1 Å². The third-order valence-corrected chi connectivity index (χ3v) is 5.87. The highest BCUT2D eigenvalue weighted by Crippen LogP contribution is 2.42. The predicted octanol–water partition coefficient (Wildman–Crippen LogP) is 5.70. The molecule has 0 bridgehead atoms. The van der Waals surface area contributed by atoms with Gasteiger partial charge in [-0.25, -0.2) is 4.98 Å². The van der Waals surface area contributed by atoms with Gasteiger partial charge in [-0.15, -0.1) is 11.3 Å². The molecule has 22 heavy (non-hydrogen) atoms. The molecule has 1 aliphatic carbocycles. The van der Waals surface area contributed by atoms with E-state index >= 15 is 0 Å². The van der Waals surface area contributed by atoms with E-state index in [0.717, 1.165) is 11.6 Å². The Morgan fingerprint density at radius 3 is 2.86 bits per heavy atom. The van der Waals surface area contributed by atoms with E-state index in [1.165, 1.54) is 46.2 Å². The zero-order valence-electron chi connectivity index (χ0n) is 13.4. The highest BCUT2D eigenvalue weighted by atomic mass is 32.1. The van der Waals surface area contributed by atoms with Gasteiger partial charge in [-0.1, -0.05) is 36.8 Å². The molecular weight excluding hydrogens is 286 g/mol. The number of rotatable bonds is 1. The van der Waals surface area contributed by atoms with Gasteiger partial charge in [0.1, 0.15) is 4.83 Å². The van der Waals surface area contributed by atoms with E-state index in [0.29, 0.717) is 0 Å². The van der Waals surface area contributed by atoms with Crippen LogP contribution in [0.25, 0.3) is 21.3 Å². The third kappa shape index (κ3) is 2.26. The number of pyridine rings is 1. The van der Waals surface area contributed by atoms with Crippen LogP contribution >= 0.6 is 11.3 Å². The number of aromatic nitrogens is 1. The van der Waals surface area contributed by atoms with Crippen LogP contribution in [-0.4, -0.2) is 4.98 Å². The van der Waals surface area contributed by atoms with Crippen LogP contribution in [0.15, 0.2) is 30.3 Å². The zero-order valence-corrected chi connectivity index (χ0v) is 14.3. The van der Waals surface area contributed by atoms with Gasteiger partial charge in [0.2, 0.25) is 0 Å². The lowest BCUT2D eigenvalue weighted by atomic mass is 9.87. The van der Waals surface area contributed by atoms with E-state index in [9.17, 15) is 0 Å². The lowest BCUT2D eigenvalue weighted by Crippen LogP contribution is -2.08. The van der Waals surface area contributed by atoms with Crippen LogP contribution < -0.4 is 0 Å². The van der Waals surface area contributed by atoms with Crippen LogP contribution in [0.4, 0.5) is 0 Å². The lowest BCUT2D eigenvalue weighted by molar-refractivity contribution is 0.509. The average molecular weight is 307 g/mol. The van der Waals surface area contributed by atoms with Crippen LogP contribution in [-0.2, 0) is 12.8 Å². The minimum Gasteiger partial charge on any atom is -0.242 e. The molecule has 1 aliphatic rings. The molecule has 0 saturated carbocycles. The predicted molar refractivity (Wildman–Crippen MR) is 95.7 cm³/mol. The van der Waals surface area contributed by atoms with Gasteiger partial charge in [0.05, 0.1) is 0 Å². The molecule has 2 aromatic heterocycles. The minimum absolute atomic E-state index is 0.809. The normalized spacial score (nSPS) is 17.7. The minimum atomic E-state index is 0.809. The number of nitrogens with zero attached hydrogens (tertiary/aromatic N) is 1. The fourth-order valence-electron chi connectivity index (χ4n) is 3.61. The van der Waals surface area contributed by atoms with Crippen LogP contribution in [0.1, 0.15) is 35.0 Å². The monoisotopic (exact) mass is 307 g/mol. The molecule has 2 heterocycles. The average Bonchev–Trinajstić information content (AvgIpc) is 2.83. The zero-order chi connectivity index (χ0) is 15.3. The number of hydrogen-bond donors (Lipinski definition) is 0. The van der Waals surface area contributed by atoms with Gasteiger partial charge in [-0.2, -0.15) is 0 Å². The summed E-state index contributed by atoms with van der Waals surface area (Å²) in [5.74, 6) is 0.809. The summed E-state index contributed by atoms with van der Waals surface area (Å²) in [6.07, 6.45) is 3.74. The molecule has 0 amide bonds. The molecule has 1 aromatic carbocycles. The molecule has 0 radical (unpaired) electrons. The molecular formula is C20H21NS. The number of hydrogen-bond acceptors (Lipinski definition) is 2. The molecule has 3 aromatic rings. The van der Waals surface area contributed by atoms with Crippen molar-refractivity contribution in [3.05, 3.63) is 52.0 Å². The Kier molecular flexibility index (Phi) is 3.30. The maximum Gasteiger partial charge on any atom is 0.124 e. The molecule has 0 fully saturated rings. The maximum absolute atomic E-state index is 4.83. The van der Waals surface area contributed by atoms with Gasteiger partial charge < -0.3 is 0 Å². The molecule has 0 spiro atoms. The number of aryl methyl sites for hydroxylation is 3. The maximum atomic E-state index is 4.83. The van der Waals surface area contributed by atoms with Crippen LogP contribution in [0.2, 0.25) is 0 Å². The Bertz CT molecular complexity index is 860.